The van der Waals surface area contributed by atoms with Crippen LogP contribution >= 0.6 is 11.8 Å². The van der Waals surface area contributed by atoms with Gasteiger partial charge in [-0.2, -0.15) is 5.26 Å². The summed E-state index contributed by atoms with van der Waals surface area (Å²) < 4.78 is 43.5. The summed E-state index contributed by atoms with van der Waals surface area (Å²) in [4.78, 5) is 18.6. The van der Waals surface area contributed by atoms with E-state index in [0.717, 1.165) is 12.4 Å². The highest BCUT2D eigenvalue weighted by Crippen LogP contribution is 2.47. The zero-order chi connectivity index (χ0) is 24.6. The Morgan fingerprint density at radius 3 is 2.69 bits per heavy atom. The number of halogens is 3. The highest BCUT2D eigenvalue weighted by Gasteiger charge is 2.52. The number of fused-ring (bicyclic) bond motifs is 1. The molecule has 0 aliphatic carbocycles. The van der Waals surface area contributed by atoms with Crippen LogP contribution in [0.2, 0.25) is 0 Å². The lowest BCUT2D eigenvalue weighted by Crippen LogP contribution is -2.40. The number of pyridine rings is 1. The van der Waals surface area contributed by atoms with Crippen LogP contribution in [0, 0.1) is 28.9 Å². The number of thioether (sulfide) groups is 1. The number of aliphatic imine (C=N–C) groups is 1. The predicted octanol–water partition coefficient (Wildman–Crippen LogP) is 3.88. The first-order valence-corrected chi connectivity index (χ1v) is 11.6. The van der Waals surface area contributed by atoms with Gasteiger partial charge in [0.1, 0.15) is 23.3 Å². The molecule has 2 atom stereocenters. The normalized spacial score (nSPS) is 21.9. The number of hydrogen-bond acceptors (Lipinski definition) is 8. The van der Waals surface area contributed by atoms with E-state index in [-0.39, 0.29) is 23.7 Å². The topological polar surface area (TPSA) is 104 Å². The summed E-state index contributed by atoms with van der Waals surface area (Å²) in [5.74, 6) is -0.899. The molecule has 0 saturated carbocycles. The summed E-state index contributed by atoms with van der Waals surface area (Å²) in [6.45, 7) is 0.701. The number of amidine groups is 1. The fourth-order valence-corrected chi connectivity index (χ4v) is 5.39. The van der Waals surface area contributed by atoms with Crippen LogP contribution in [-0.4, -0.2) is 39.0 Å². The average Bonchev–Trinajstić information content (AvgIpc) is 3.25. The molecule has 2 aliphatic heterocycles. The van der Waals surface area contributed by atoms with E-state index in [9.17, 15) is 8.78 Å². The van der Waals surface area contributed by atoms with Gasteiger partial charge in [-0.15, -0.1) is 0 Å². The van der Waals surface area contributed by atoms with E-state index in [4.69, 9.17) is 11.0 Å². The van der Waals surface area contributed by atoms with Gasteiger partial charge in [0.15, 0.2) is 11.0 Å². The van der Waals surface area contributed by atoms with E-state index < -0.39 is 23.0 Å². The Morgan fingerprint density at radius 2 is 1.97 bits per heavy atom. The Hall–Kier alpha value is -3.91. The summed E-state index contributed by atoms with van der Waals surface area (Å²) in [6, 6.07) is 9.11. The number of nitrogens with two attached hydrogens (primary N) is 1. The van der Waals surface area contributed by atoms with Crippen molar-refractivity contribution in [1.29, 1.82) is 5.26 Å². The van der Waals surface area contributed by atoms with Crippen LogP contribution in [0.3, 0.4) is 0 Å². The van der Waals surface area contributed by atoms with Crippen LogP contribution in [0.1, 0.15) is 22.4 Å². The van der Waals surface area contributed by atoms with E-state index in [1.54, 1.807) is 6.07 Å². The standard InChI is InChI=1S/C24H18F3N7S/c25-17-9-31-23(32-10-17)34-11-16-12-35-22(29)33-24(16,13-34)18-5-14(1-3-19(18)26)6-20(27)21-4-2-15(7-28)8-30-21/h1-6,8-10,16H,11-13H2,(H2,29,33)/b20-6-/t16-,24-/m0/s1. The average molecular weight is 494 g/mol. The Labute approximate surface area is 203 Å². The Balaban J connectivity index is 1.54. The first-order chi connectivity index (χ1) is 16.9. The number of anilines is 1. The maximum absolute atomic E-state index is 15.3. The molecular formula is C24H18F3N7S. The Bertz CT molecular complexity index is 1370. The number of nitrogens with zero attached hydrogens (tertiary/aromatic N) is 6. The highest BCUT2D eigenvalue weighted by atomic mass is 32.2. The molecule has 1 aromatic carbocycles. The van der Waals surface area contributed by atoms with Gasteiger partial charge in [-0.25, -0.2) is 28.1 Å². The largest absolute Gasteiger partial charge is 0.379 e. The van der Waals surface area contributed by atoms with Crippen molar-refractivity contribution in [2.75, 3.05) is 23.7 Å². The maximum atomic E-state index is 15.3. The second-order valence-corrected chi connectivity index (χ2v) is 9.28. The minimum atomic E-state index is -1.04. The van der Waals surface area contributed by atoms with E-state index in [1.165, 1.54) is 48.3 Å². The number of hydrogen-bond donors (Lipinski definition) is 1. The van der Waals surface area contributed by atoms with E-state index in [2.05, 4.69) is 19.9 Å². The molecule has 7 nitrogen and oxygen atoms in total. The van der Waals surface area contributed by atoms with E-state index >= 15 is 4.39 Å². The van der Waals surface area contributed by atoms with Gasteiger partial charge >= 0.3 is 0 Å². The molecule has 0 amide bonds. The summed E-state index contributed by atoms with van der Waals surface area (Å²) >= 11 is 1.38. The monoisotopic (exact) mass is 493 g/mol. The van der Waals surface area contributed by atoms with Crippen molar-refractivity contribution in [2.24, 2.45) is 16.6 Å². The molecule has 11 heteroatoms. The molecule has 35 heavy (non-hydrogen) atoms. The van der Waals surface area contributed by atoms with Crippen LogP contribution in [0.5, 0.6) is 0 Å². The van der Waals surface area contributed by atoms with Gasteiger partial charge < -0.3 is 10.6 Å². The zero-order valence-corrected chi connectivity index (χ0v) is 19.0. The molecule has 5 rings (SSSR count). The molecule has 1 saturated heterocycles. The maximum Gasteiger partial charge on any atom is 0.225 e. The molecular weight excluding hydrogens is 475 g/mol. The number of aromatic nitrogens is 3. The SMILES string of the molecule is N#Cc1ccc(/C(F)=C/c2ccc(F)c([C@]34CN(c5ncc(F)cn5)C[C@H]3CSC(N)=N4)c2)nc1. The van der Waals surface area contributed by atoms with Gasteiger partial charge in [0.05, 0.1) is 30.2 Å². The summed E-state index contributed by atoms with van der Waals surface area (Å²) in [5.41, 5.74) is 6.11. The van der Waals surface area contributed by atoms with Crippen LogP contribution < -0.4 is 10.6 Å². The van der Waals surface area contributed by atoms with Crippen LogP contribution in [0.25, 0.3) is 11.9 Å². The molecule has 0 radical (unpaired) electrons. The zero-order valence-electron chi connectivity index (χ0n) is 18.2. The molecule has 2 N–H and O–H groups in total. The molecule has 176 valence electrons. The second-order valence-electron chi connectivity index (χ2n) is 8.24. The van der Waals surface area contributed by atoms with Crippen molar-refractivity contribution in [1.82, 2.24) is 15.0 Å². The number of nitriles is 1. The van der Waals surface area contributed by atoms with Gasteiger partial charge in [0, 0.05) is 30.0 Å². The Kier molecular flexibility index (Phi) is 5.90. The van der Waals surface area contributed by atoms with E-state index in [0.29, 0.717) is 34.5 Å². The van der Waals surface area contributed by atoms with Crippen molar-refractivity contribution >= 4 is 34.8 Å². The van der Waals surface area contributed by atoms with Crippen LogP contribution in [-0.2, 0) is 5.54 Å². The lowest BCUT2D eigenvalue weighted by atomic mass is 9.81. The predicted molar refractivity (Wildman–Crippen MR) is 128 cm³/mol. The second kappa shape index (κ2) is 9.03. The van der Waals surface area contributed by atoms with Gasteiger partial charge in [0.25, 0.3) is 0 Å². The third kappa shape index (κ3) is 4.33. The minimum Gasteiger partial charge on any atom is -0.379 e. The van der Waals surface area contributed by atoms with Crippen molar-refractivity contribution in [2.45, 2.75) is 5.54 Å². The van der Waals surface area contributed by atoms with Crippen molar-refractivity contribution in [3.8, 4) is 6.07 Å². The molecule has 0 unspecified atom stereocenters. The molecule has 0 spiro atoms. The first kappa shape index (κ1) is 22.9. The summed E-state index contributed by atoms with van der Waals surface area (Å²) in [5, 5.41) is 9.23. The lowest BCUT2D eigenvalue weighted by Gasteiger charge is -2.35. The third-order valence-corrected chi connectivity index (χ3v) is 7.02. The molecule has 3 aromatic rings. The van der Waals surface area contributed by atoms with Crippen molar-refractivity contribution in [3.05, 3.63) is 82.9 Å². The molecule has 1 fully saturated rings. The lowest BCUT2D eigenvalue weighted by molar-refractivity contribution is 0.370. The van der Waals surface area contributed by atoms with Crippen LogP contribution in [0.4, 0.5) is 19.1 Å². The summed E-state index contributed by atoms with van der Waals surface area (Å²) in [7, 11) is 0. The van der Waals surface area contributed by atoms with Gasteiger partial charge in [-0.1, -0.05) is 17.8 Å². The van der Waals surface area contributed by atoms with Crippen molar-refractivity contribution < 1.29 is 13.2 Å². The fourth-order valence-electron chi connectivity index (χ4n) is 4.41. The quantitative estimate of drug-likeness (QED) is 0.588. The minimum absolute atomic E-state index is 0.0581. The van der Waals surface area contributed by atoms with Crippen molar-refractivity contribution in [3.63, 3.8) is 0 Å². The first-order valence-electron chi connectivity index (χ1n) is 10.6. The Morgan fingerprint density at radius 1 is 1.17 bits per heavy atom. The number of rotatable bonds is 4. The molecule has 4 heterocycles. The van der Waals surface area contributed by atoms with Gasteiger partial charge in [-0.3, -0.25) is 4.98 Å². The summed E-state index contributed by atoms with van der Waals surface area (Å²) in [6.07, 6.45) is 4.69. The third-order valence-electron chi connectivity index (χ3n) is 6.07. The number of benzene rings is 1. The molecule has 2 aliphatic rings. The van der Waals surface area contributed by atoms with Gasteiger partial charge in [-0.05, 0) is 35.9 Å². The van der Waals surface area contributed by atoms with Crippen LogP contribution in [0.15, 0.2) is 53.9 Å². The fraction of sp³-hybridized carbons (Fsp3) is 0.208. The highest BCUT2D eigenvalue weighted by molar-refractivity contribution is 8.13. The smallest absolute Gasteiger partial charge is 0.225 e. The molecule has 0 bridgehead atoms. The van der Waals surface area contributed by atoms with E-state index in [1.807, 2.05) is 11.0 Å². The van der Waals surface area contributed by atoms with Gasteiger partial charge in [0.2, 0.25) is 5.95 Å². The molecule has 2 aromatic heterocycles.